The Bertz CT molecular complexity index is 425. The zero-order valence-corrected chi connectivity index (χ0v) is 14.1. The van der Waals surface area contributed by atoms with Gasteiger partial charge in [-0.2, -0.15) is 11.8 Å². The van der Waals surface area contributed by atoms with Crippen molar-refractivity contribution in [1.29, 1.82) is 0 Å². The molecule has 1 fully saturated rings. The maximum Gasteiger partial charge on any atom is 0.0396 e. The average Bonchev–Trinajstić information content (AvgIpc) is 2.91. The summed E-state index contributed by atoms with van der Waals surface area (Å²) >= 11 is 2.08. The van der Waals surface area contributed by atoms with Crippen molar-refractivity contribution in [3.8, 4) is 0 Å². The van der Waals surface area contributed by atoms with E-state index in [1.807, 2.05) is 0 Å². The van der Waals surface area contributed by atoms with E-state index >= 15 is 0 Å². The van der Waals surface area contributed by atoms with E-state index < -0.39 is 0 Å². The molecule has 112 valence electrons. The Labute approximate surface area is 128 Å². The van der Waals surface area contributed by atoms with E-state index in [-0.39, 0.29) is 0 Å². The second-order valence-electron chi connectivity index (χ2n) is 6.27. The predicted octanol–water partition coefficient (Wildman–Crippen LogP) is 3.68. The number of aryl methyl sites for hydroxylation is 1. The molecular formula is C17H28N2S. The largest absolute Gasteiger partial charge is 0.371 e. The lowest BCUT2D eigenvalue weighted by Crippen LogP contribution is -2.31. The molecule has 1 atom stereocenters. The number of benzene rings is 1. The van der Waals surface area contributed by atoms with Crippen LogP contribution in [0.15, 0.2) is 18.2 Å². The Morgan fingerprint density at radius 1 is 1.40 bits per heavy atom. The molecule has 2 nitrogen and oxygen atoms in total. The van der Waals surface area contributed by atoms with E-state index in [2.05, 4.69) is 68.0 Å². The summed E-state index contributed by atoms with van der Waals surface area (Å²) in [6.07, 6.45) is 1.32. The highest BCUT2D eigenvalue weighted by Gasteiger charge is 2.21. The van der Waals surface area contributed by atoms with Crippen LogP contribution in [0.3, 0.4) is 0 Å². The van der Waals surface area contributed by atoms with Crippen LogP contribution in [0.1, 0.15) is 31.4 Å². The van der Waals surface area contributed by atoms with Crippen LogP contribution in [0.4, 0.5) is 5.69 Å². The number of anilines is 1. The Morgan fingerprint density at radius 3 is 2.80 bits per heavy atom. The van der Waals surface area contributed by atoms with Gasteiger partial charge in [0.15, 0.2) is 0 Å². The van der Waals surface area contributed by atoms with Crippen molar-refractivity contribution in [1.82, 2.24) is 5.32 Å². The molecule has 1 saturated heterocycles. The fourth-order valence-corrected chi connectivity index (χ4v) is 4.02. The van der Waals surface area contributed by atoms with E-state index in [1.54, 1.807) is 0 Å². The smallest absolute Gasteiger partial charge is 0.0396 e. The van der Waals surface area contributed by atoms with Gasteiger partial charge < -0.3 is 10.2 Å². The van der Waals surface area contributed by atoms with E-state index in [1.165, 1.54) is 34.7 Å². The van der Waals surface area contributed by atoms with Gasteiger partial charge >= 0.3 is 0 Å². The Balaban J connectivity index is 1.98. The molecule has 1 aromatic rings. The van der Waals surface area contributed by atoms with Crippen molar-refractivity contribution in [2.75, 3.05) is 30.0 Å². The maximum absolute atomic E-state index is 3.52. The molecule has 0 aromatic heterocycles. The number of hydrogen-bond donors (Lipinski definition) is 1. The van der Waals surface area contributed by atoms with Gasteiger partial charge in [0, 0.05) is 31.1 Å². The highest BCUT2D eigenvalue weighted by molar-refractivity contribution is 7.99. The van der Waals surface area contributed by atoms with Gasteiger partial charge in [0.1, 0.15) is 0 Å². The van der Waals surface area contributed by atoms with Gasteiger partial charge in [-0.15, -0.1) is 0 Å². The lowest BCUT2D eigenvalue weighted by molar-refractivity contribution is 0.552. The second kappa shape index (κ2) is 7.37. The van der Waals surface area contributed by atoms with Gasteiger partial charge in [-0.3, -0.25) is 0 Å². The van der Waals surface area contributed by atoms with Gasteiger partial charge in [-0.25, -0.2) is 0 Å². The zero-order valence-electron chi connectivity index (χ0n) is 13.3. The molecule has 1 aliphatic rings. The molecule has 1 aromatic carbocycles. The van der Waals surface area contributed by atoms with Gasteiger partial charge in [-0.05, 0) is 48.8 Å². The van der Waals surface area contributed by atoms with Crippen molar-refractivity contribution in [3.63, 3.8) is 0 Å². The summed E-state index contributed by atoms with van der Waals surface area (Å²) in [4.78, 5) is 2.47. The summed E-state index contributed by atoms with van der Waals surface area (Å²) in [5.41, 5.74) is 4.18. The quantitative estimate of drug-likeness (QED) is 0.861. The lowest BCUT2D eigenvalue weighted by Gasteiger charge is -2.28. The summed E-state index contributed by atoms with van der Waals surface area (Å²) in [5, 5.41) is 3.52. The van der Waals surface area contributed by atoms with Gasteiger partial charge in [0.2, 0.25) is 0 Å². The first-order valence-corrected chi connectivity index (χ1v) is 8.84. The molecule has 0 bridgehead atoms. The lowest BCUT2D eigenvalue weighted by atomic mass is 10.1. The molecule has 0 spiro atoms. The summed E-state index contributed by atoms with van der Waals surface area (Å²) < 4.78 is 0. The predicted molar refractivity (Wildman–Crippen MR) is 91.9 cm³/mol. The fraction of sp³-hybridized carbons (Fsp3) is 0.647. The van der Waals surface area contributed by atoms with Gasteiger partial charge in [0.25, 0.3) is 0 Å². The molecule has 1 unspecified atom stereocenters. The van der Waals surface area contributed by atoms with Gasteiger partial charge in [-0.1, -0.05) is 26.0 Å². The second-order valence-corrected chi connectivity index (χ2v) is 7.42. The van der Waals surface area contributed by atoms with Crippen LogP contribution < -0.4 is 10.2 Å². The molecule has 1 aliphatic heterocycles. The average molecular weight is 292 g/mol. The van der Waals surface area contributed by atoms with Crippen LogP contribution >= 0.6 is 11.8 Å². The number of nitrogens with zero attached hydrogens (tertiary/aromatic N) is 1. The molecule has 20 heavy (non-hydrogen) atoms. The summed E-state index contributed by atoms with van der Waals surface area (Å²) in [6, 6.07) is 7.61. The highest BCUT2D eigenvalue weighted by Crippen LogP contribution is 2.28. The first-order valence-electron chi connectivity index (χ1n) is 7.68. The van der Waals surface area contributed by atoms with Crippen molar-refractivity contribution in [3.05, 3.63) is 29.3 Å². The topological polar surface area (TPSA) is 15.3 Å². The molecule has 1 N–H and O–H groups in total. The van der Waals surface area contributed by atoms with Crippen LogP contribution in [-0.4, -0.2) is 31.1 Å². The molecule has 0 aliphatic carbocycles. The van der Waals surface area contributed by atoms with E-state index in [0.29, 0.717) is 12.0 Å². The molecule has 0 amide bonds. The summed E-state index contributed by atoms with van der Waals surface area (Å²) in [7, 11) is 2.25. The van der Waals surface area contributed by atoms with E-state index in [4.69, 9.17) is 0 Å². The fourth-order valence-electron chi connectivity index (χ4n) is 2.75. The third-order valence-corrected chi connectivity index (χ3v) is 5.12. The molecule has 3 heteroatoms. The Kier molecular flexibility index (Phi) is 5.79. The number of nitrogens with one attached hydrogen (secondary N) is 1. The van der Waals surface area contributed by atoms with Gasteiger partial charge in [0.05, 0.1) is 0 Å². The number of hydrogen-bond acceptors (Lipinski definition) is 3. The first-order chi connectivity index (χ1) is 9.58. The Hall–Kier alpha value is -0.670. The minimum atomic E-state index is 0.710. The third kappa shape index (κ3) is 4.16. The minimum absolute atomic E-state index is 0.710. The number of rotatable bonds is 6. The summed E-state index contributed by atoms with van der Waals surface area (Å²) in [5.74, 6) is 3.29. The third-order valence-electron chi connectivity index (χ3n) is 3.98. The van der Waals surface area contributed by atoms with E-state index in [0.717, 1.165) is 13.1 Å². The minimum Gasteiger partial charge on any atom is -0.371 e. The highest BCUT2D eigenvalue weighted by atomic mass is 32.2. The van der Waals surface area contributed by atoms with Crippen molar-refractivity contribution in [2.24, 2.45) is 5.92 Å². The standard InChI is InChI=1S/C17H28N2S/c1-13(2)10-18-11-15-5-6-17(14(3)9-15)19(4)16-7-8-20-12-16/h5-6,9,13,16,18H,7-8,10-12H2,1-4H3. The van der Waals surface area contributed by atoms with E-state index in [9.17, 15) is 0 Å². The SMILES string of the molecule is Cc1cc(CNCC(C)C)ccc1N(C)C1CCSC1. The van der Waals surface area contributed by atoms with Crippen LogP contribution in [0, 0.1) is 12.8 Å². The first kappa shape index (κ1) is 15.7. The molecule has 0 radical (unpaired) electrons. The van der Waals surface area contributed by atoms with Crippen molar-refractivity contribution >= 4 is 17.4 Å². The normalized spacial score (nSPS) is 18.8. The molecule has 1 heterocycles. The number of thioether (sulfide) groups is 1. The molecule has 2 rings (SSSR count). The molecule has 0 saturated carbocycles. The van der Waals surface area contributed by atoms with Crippen LogP contribution in [0.2, 0.25) is 0 Å². The van der Waals surface area contributed by atoms with Crippen LogP contribution in [0.25, 0.3) is 0 Å². The monoisotopic (exact) mass is 292 g/mol. The van der Waals surface area contributed by atoms with Crippen molar-refractivity contribution < 1.29 is 0 Å². The maximum atomic E-state index is 3.52. The van der Waals surface area contributed by atoms with Crippen LogP contribution in [0.5, 0.6) is 0 Å². The molecular weight excluding hydrogens is 264 g/mol. The summed E-state index contributed by atoms with van der Waals surface area (Å²) in [6.45, 7) is 8.79. The van der Waals surface area contributed by atoms with Crippen LogP contribution in [-0.2, 0) is 6.54 Å². The van der Waals surface area contributed by atoms with Crippen molar-refractivity contribution in [2.45, 2.75) is 39.8 Å². The Morgan fingerprint density at radius 2 is 2.20 bits per heavy atom. The zero-order chi connectivity index (χ0) is 14.5.